The Balaban J connectivity index is 1.94. The van der Waals surface area contributed by atoms with E-state index in [9.17, 15) is 14.7 Å². The molecule has 3 aliphatic carbocycles. The van der Waals surface area contributed by atoms with Gasteiger partial charge in [0.25, 0.3) is 0 Å². The molecule has 0 aromatic carbocycles. The molecule has 4 heteroatoms. The lowest BCUT2D eigenvalue weighted by Gasteiger charge is -2.57. The third-order valence-corrected chi connectivity index (χ3v) is 7.53. The van der Waals surface area contributed by atoms with Gasteiger partial charge in [0.05, 0.1) is 6.42 Å². The highest BCUT2D eigenvalue weighted by Gasteiger charge is 2.58. The molecular formula is C18H29NO3. The lowest BCUT2D eigenvalue weighted by Crippen LogP contribution is -2.54. The average Bonchev–Trinajstić information content (AvgIpc) is 2.79. The fraction of sp³-hybridized carbons (Fsp3) is 0.889. The van der Waals surface area contributed by atoms with Gasteiger partial charge in [-0.2, -0.15) is 0 Å². The summed E-state index contributed by atoms with van der Waals surface area (Å²) in [7, 11) is 0. The van der Waals surface area contributed by atoms with Crippen molar-refractivity contribution in [3.63, 3.8) is 0 Å². The van der Waals surface area contributed by atoms with E-state index < -0.39 is 11.4 Å². The molecule has 6 unspecified atom stereocenters. The lowest BCUT2D eigenvalue weighted by molar-refractivity contribution is -0.153. The summed E-state index contributed by atoms with van der Waals surface area (Å²) in [5.41, 5.74) is 5.62. The van der Waals surface area contributed by atoms with Crippen LogP contribution in [0.25, 0.3) is 0 Å². The molecule has 0 bridgehead atoms. The summed E-state index contributed by atoms with van der Waals surface area (Å²) in [4.78, 5) is 23.4. The molecule has 3 fully saturated rings. The van der Waals surface area contributed by atoms with E-state index in [1.54, 1.807) is 0 Å². The highest BCUT2D eigenvalue weighted by atomic mass is 16.4. The maximum Gasteiger partial charge on any atom is 0.303 e. The summed E-state index contributed by atoms with van der Waals surface area (Å²) in [5.74, 6) is 0.257. The molecule has 3 rings (SSSR count). The molecular weight excluding hydrogens is 278 g/mol. The van der Waals surface area contributed by atoms with Gasteiger partial charge < -0.3 is 10.8 Å². The van der Waals surface area contributed by atoms with Gasteiger partial charge in [-0.05, 0) is 67.1 Å². The van der Waals surface area contributed by atoms with Crippen molar-refractivity contribution in [2.75, 3.05) is 0 Å². The van der Waals surface area contributed by atoms with Crippen molar-refractivity contribution in [3.8, 4) is 0 Å². The largest absolute Gasteiger partial charge is 0.481 e. The smallest absolute Gasteiger partial charge is 0.303 e. The SMILES string of the molecule is CC12CCCC1C1CCC(C(N)=O)C(C)(CC(=O)O)C1CC2. The molecule has 3 N–H and O–H groups in total. The van der Waals surface area contributed by atoms with E-state index in [4.69, 9.17) is 5.73 Å². The van der Waals surface area contributed by atoms with Crippen LogP contribution < -0.4 is 5.73 Å². The number of carbonyl (C=O) groups excluding carboxylic acids is 1. The standard InChI is InChI=1S/C18H29NO3/c1-17-8-3-4-12(17)11-5-6-14(16(19)22)18(2,10-15(20)21)13(11)7-9-17/h11-14H,3-10H2,1-2H3,(H2,19,22)(H,20,21). The second-order valence-corrected chi connectivity index (χ2v) is 8.57. The molecule has 124 valence electrons. The van der Waals surface area contributed by atoms with Crippen LogP contribution in [0, 0.1) is 34.5 Å². The maximum atomic E-state index is 11.9. The fourth-order valence-electron chi connectivity index (χ4n) is 6.50. The van der Waals surface area contributed by atoms with E-state index in [0.717, 1.165) is 19.3 Å². The monoisotopic (exact) mass is 307 g/mol. The Kier molecular flexibility index (Phi) is 3.77. The average molecular weight is 307 g/mol. The predicted octanol–water partition coefficient (Wildman–Crippen LogP) is 3.20. The lowest BCUT2D eigenvalue weighted by atomic mass is 9.47. The minimum absolute atomic E-state index is 0.0746. The number of amides is 1. The molecule has 1 amide bonds. The van der Waals surface area contributed by atoms with E-state index >= 15 is 0 Å². The van der Waals surface area contributed by atoms with E-state index in [2.05, 4.69) is 6.92 Å². The molecule has 0 aromatic heterocycles. The second-order valence-electron chi connectivity index (χ2n) is 8.57. The maximum absolute atomic E-state index is 11.9. The van der Waals surface area contributed by atoms with Gasteiger partial charge in [-0.25, -0.2) is 0 Å². The van der Waals surface area contributed by atoms with Gasteiger partial charge in [0.2, 0.25) is 5.91 Å². The first-order chi connectivity index (χ1) is 10.3. The molecule has 3 aliphatic rings. The normalized spacial score (nSPS) is 47.5. The minimum atomic E-state index is -0.797. The van der Waals surface area contributed by atoms with Crippen molar-refractivity contribution in [2.45, 2.75) is 65.2 Å². The number of aliphatic carboxylic acids is 1. The zero-order valence-electron chi connectivity index (χ0n) is 13.8. The zero-order valence-corrected chi connectivity index (χ0v) is 13.8. The van der Waals surface area contributed by atoms with Crippen molar-refractivity contribution < 1.29 is 14.7 Å². The van der Waals surface area contributed by atoms with Gasteiger partial charge in [0, 0.05) is 5.92 Å². The summed E-state index contributed by atoms with van der Waals surface area (Å²) in [6.45, 7) is 4.45. The number of primary amides is 1. The second kappa shape index (κ2) is 5.24. The third kappa shape index (κ3) is 2.26. The number of hydrogen-bond acceptors (Lipinski definition) is 2. The van der Waals surface area contributed by atoms with Crippen molar-refractivity contribution in [2.24, 2.45) is 40.2 Å². The molecule has 0 saturated heterocycles. The van der Waals surface area contributed by atoms with E-state index in [-0.39, 0.29) is 18.2 Å². The summed E-state index contributed by atoms with van der Waals surface area (Å²) in [6.07, 6.45) is 8.04. The number of carboxylic acids is 1. The van der Waals surface area contributed by atoms with Crippen molar-refractivity contribution in [1.82, 2.24) is 0 Å². The summed E-state index contributed by atoms with van der Waals surface area (Å²) in [6, 6.07) is 0. The van der Waals surface area contributed by atoms with E-state index in [1.807, 2.05) is 6.92 Å². The molecule has 6 atom stereocenters. The van der Waals surface area contributed by atoms with Gasteiger partial charge in [-0.15, -0.1) is 0 Å². The first kappa shape index (κ1) is 15.8. The third-order valence-electron chi connectivity index (χ3n) is 7.53. The van der Waals surface area contributed by atoms with Gasteiger partial charge in [0.15, 0.2) is 0 Å². The van der Waals surface area contributed by atoms with Crippen LogP contribution in [-0.4, -0.2) is 17.0 Å². The van der Waals surface area contributed by atoms with Crippen LogP contribution in [0.1, 0.15) is 65.2 Å². The number of carbonyl (C=O) groups is 2. The van der Waals surface area contributed by atoms with E-state index in [0.29, 0.717) is 23.2 Å². The van der Waals surface area contributed by atoms with Crippen LogP contribution in [0.5, 0.6) is 0 Å². The van der Waals surface area contributed by atoms with Gasteiger partial charge in [-0.3, -0.25) is 9.59 Å². The Morgan fingerprint density at radius 2 is 1.82 bits per heavy atom. The van der Waals surface area contributed by atoms with E-state index in [1.165, 1.54) is 25.7 Å². The minimum Gasteiger partial charge on any atom is -0.481 e. The number of carboxylic acid groups (broad SMARTS) is 1. The van der Waals surface area contributed by atoms with Crippen molar-refractivity contribution in [3.05, 3.63) is 0 Å². The predicted molar refractivity (Wildman–Crippen MR) is 83.9 cm³/mol. The highest BCUT2D eigenvalue weighted by Crippen LogP contribution is 2.64. The topological polar surface area (TPSA) is 80.4 Å². The van der Waals surface area contributed by atoms with Crippen molar-refractivity contribution >= 4 is 11.9 Å². The molecule has 0 heterocycles. The first-order valence-corrected chi connectivity index (χ1v) is 8.79. The van der Waals surface area contributed by atoms with Crippen LogP contribution in [0.15, 0.2) is 0 Å². The number of rotatable bonds is 3. The number of fused-ring (bicyclic) bond motifs is 3. The van der Waals surface area contributed by atoms with Crippen LogP contribution >= 0.6 is 0 Å². The molecule has 0 aliphatic heterocycles. The van der Waals surface area contributed by atoms with Crippen LogP contribution in [0.3, 0.4) is 0 Å². The van der Waals surface area contributed by atoms with Gasteiger partial charge in [0.1, 0.15) is 0 Å². The summed E-state index contributed by atoms with van der Waals surface area (Å²) >= 11 is 0. The van der Waals surface area contributed by atoms with Crippen LogP contribution in [0.2, 0.25) is 0 Å². The van der Waals surface area contributed by atoms with Crippen LogP contribution in [-0.2, 0) is 9.59 Å². The summed E-state index contributed by atoms with van der Waals surface area (Å²) in [5, 5.41) is 9.41. The Morgan fingerprint density at radius 3 is 2.45 bits per heavy atom. The van der Waals surface area contributed by atoms with Crippen LogP contribution in [0.4, 0.5) is 0 Å². The fourth-order valence-corrected chi connectivity index (χ4v) is 6.50. The summed E-state index contributed by atoms with van der Waals surface area (Å²) < 4.78 is 0. The van der Waals surface area contributed by atoms with Gasteiger partial charge >= 0.3 is 5.97 Å². The highest BCUT2D eigenvalue weighted by molar-refractivity contribution is 5.79. The number of nitrogens with two attached hydrogens (primary N) is 1. The zero-order chi connectivity index (χ0) is 16.1. The first-order valence-electron chi connectivity index (χ1n) is 8.79. The molecule has 0 aromatic rings. The number of hydrogen-bond donors (Lipinski definition) is 2. The quantitative estimate of drug-likeness (QED) is 0.840. The molecule has 22 heavy (non-hydrogen) atoms. The molecule has 0 spiro atoms. The van der Waals surface area contributed by atoms with Gasteiger partial charge in [-0.1, -0.05) is 20.3 Å². The molecule has 4 nitrogen and oxygen atoms in total. The Labute approximate surface area is 132 Å². The Morgan fingerprint density at radius 1 is 1.09 bits per heavy atom. The Hall–Kier alpha value is -1.06. The molecule has 3 saturated carbocycles. The molecule has 0 radical (unpaired) electrons. The van der Waals surface area contributed by atoms with Crippen molar-refractivity contribution in [1.29, 1.82) is 0 Å². The Bertz CT molecular complexity index is 491.